The van der Waals surface area contributed by atoms with E-state index in [2.05, 4.69) is 65.0 Å². The average molecular weight is 427 g/mol. The highest BCUT2D eigenvalue weighted by molar-refractivity contribution is 14.0. The largest absolute Gasteiger partial charge is 0.353 e. The Hall–Kier alpha value is -1.08. The van der Waals surface area contributed by atoms with Gasteiger partial charge in [0.05, 0.1) is 6.54 Å². The van der Waals surface area contributed by atoms with Crippen molar-refractivity contribution in [3.05, 3.63) is 57.8 Å². The van der Waals surface area contributed by atoms with Gasteiger partial charge in [0.25, 0.3) is 0 Å². The number of rotatable bonds is 4. The second kappa shape index (κ2) is 7.97. The van der Waals surface area contributed by atoms with Gasteiger partial charge in [0, 0.05) is 28.8 Å². The zero-order valence-electron chi connectivity index (χ0n) is 12.9. The minimum Gasteiger partial charge on any atom is -0.353 e. The molecule has 2 atom stereocenters. The molecule has 2 aromatic rings. The van der Waals surface area contributed by atoms with E-state index in [0.29, 0.717) is 12.0 Å². The monoisotopic (exact) mass is 427 g/mol. The first-order chi connectivity index (χ1) is 10.3. The third-order valence-electron chi connectivity index (χ3n) is 3.79. The molecule has 1 aromatic heterocycles. The number of halogens is 1. The first-order valence-corrected chi connectivity index (χ1v) is 8.15. The van der Waals surface area contributed by atoms with Gasteiger partial charge < -0.3 is 10.6 Å². The Morgan fingerprint density at radius 2 is 2.00 bits per heavy atom. The molecule has 118 valence electrons. The van der Waals surface area contributed by atoms with Crippen LogP contribution >= 0.6 is 35.3 Å². The van der Waals surface area contributed by atoms with Crippen LogP contribution in [0.25, 0.3) is 0 Å². The van der Waals surface area contributed by atoms with E-state index in [1.54, 1.807) is 0 Å². The standard InChI is InChI=1S/C17H21N3S.HI/c1-12-8-9-14(21-12)11-19-17(18-2)20-16-10-15(16)13-6-4-3-5-7-13;/h3-9,15-16H,10-11H2,1-2H3,(H2,18,19,20);1H. The molecule has 0 radical (unpaired) electrons. The number of nitrogens with zero attached hydrogens (tertiary/aromatic N) is 1. The van der Waals surface area contributed by atoms with Crippen LogP contribution in [0.15, 0.2) is 47.5 Å². The zero-order chi connectivity index (χ0) is 14.7. The second-order valence-corrected chi connectivity index (χ2v) is 6.81. The average Bonchev–Trinajstić information content (AvgIpc) is 3.17. The van der Waals surface area contributed by atoms with E-state index in [1.807, 2.05) is 18.4 Å². The fourth-order valence-corrected chi connectivity index (χ4v) is 3.37. The maximum atomic E-state index is 4.32. The third-order valence-corrected chi connectivity index (χ3v) is 4.79. The summed E-state index contributed by atoms with van der Waals surface area (Å²) in [5.41, 5.74) is 1.42. The number of benzene rings is 1. The highest BCUT2D eigenvalue weighted by Gasteiger charge is 2.38. The summed E-state index contributed by atoms with van der Waals surface area (Å²) in [5.74, 6) is 1.51. The lowest BCUT2D eigenvalue weighted by molar-refractivity contribution is 0.795. The molecule has 0 saturated heterocycles. The summed E-state index contributed by atoms with van der Waals surface area (Å²) in [6, 6.07) is 15.5. The summed E-state index contributed by atoms with van der Waals surface area (Å²) in [5, 5.41) is 6.90. The Morgan fingerprint density at radius 3 is 2.64 bits per heavy atom. The van der Waals surface area contributed by atoms with Crippen molar-refractivity contribution >= 4 is 41.3 Å². The van der Waals surface area contributed by atoms with Crippen molar-refractivity contribution in [1.82, 2.24) is 10.6 Å². The molecule has 3 nitrogen and oxygen atoms in total. The van der Waals surface area contributed by atoms with E-state index < -0.39 is 0 Å². The number of aryl methyl sites for hydroxylation is 1. The fraction of sp³-hybridized carbons (Fsp3) is 0.353. The van der Waals surface area contributed by atoms with E-state index in [-0.39, 0.29) is 24.0 Å². The van der Waals surface area contributed by atoms with Crippen molar-refractivity contribution in [2.24, 2.45) is 4.99 Å². The summed E-state index contributed by atoms with van der Waals surface area (Å²) >= 11 is 1.83. The SMILES string of the molecule is CN=C(NCc1ccc(C)s1)NC1CC1c1ccccc1.I. The Morgan fingerprint density at radius 1 is 1.23 bits per heavy atom. The molecule has 0 bridgehead atoms. The first-order valence-electron chi connectivity index (χ1n) is 7.33. The van der Waals surface area contributed by atoms with E-state index in [1.165, 1.54) is 21.7 Å². The maximum Gasteiger partial charge on any atom is 0.191 e. The molecule has 3 rings (SSSR count). The van der Waals surface area contributed by atoms with Crippen LogP contribution in [0.3, 0.4) is 0 Å². The van der Waals surface area contributed by atoms with Gasteiger partial charge in [-0.25, -0.2) is 0 Å². The highest BCUT2D eigenvalue weighted by Crippen LogP contribution is 2.40. The second-order valence-electron chi connectivity index (χ2n) is 5.44. The summed E-state index contributed by atoms with van der Waals surface area (Å²) in [4.78, 5) is 7.00. The lowest BCUT2D eigenvalue weighted by atomic mass is 10.1. The van der Waals surface area contributed by atoms with Gasteiger partial charge in [0.2, 0.25) is 0 Å². The first kappa shape index (κ1) is 17.3. The molecule has 1 saturated carbocycles. The van der Waals surface area contributed by atoms with Crippen LogP contribution < -0.4 is 10.6 Å². The molecular formula is C17H22IN3S. The van der Waals surface area contributed by atoms with Gasteiger partial charge in [-0.15, -0.1) is 35.3 Å². The smallest absolute Gasteiger partial charge is 0.191 e. The summed E-state index contributed by atoms with van der Waals surface area (Å²) in [6.07, 6.45) is 1.18. The predicted molar refractivity (Wildman–Crippen MR) is 105 cm³/mol. The maximum absolute atomic E-state index is 4.32. The third kappa shape index (κ3) is 4.46. The van der Waals surface area contributed by atoms with Crippen LogP contribution in [0.5, 0.6) is 0 Å². The van der Waals surface area contributed by atoms with Crippen LogP contribution in [0.1, 0.15) is 27.7 Å². The lowest BCUT2D eigenvalue weighted by Crippen LogP contribution is -2.38. The van der Waals surface area contributed by atoms with Crippen LogP contribution in [-0.4, -0.2) is 19.0 Å². The molecule has 1 aliphatic rings. The van der Waals surface area contributed by atoms with Gasteiger partial charge in [0.15, 0.2) is 5.96 Å². The number of thiophene rings is 1. The molecule has 1 aliphatic carbocycles. The minimum absolute atomic E-state index is 0. The number of aliphatic imine (C=N–C) groups is 1. The molecule has 1 aromatic carbocycles. The van der Waals surface area contributed by atoms with Gasteiger partial charge >= 0.3 is 0 Å². The van der Waals surface area contributed by atoms with E-state index in [9.17, 15) is 0 Å². The van der Waals surface area contributed by atoms with Crippen LogP contribution in [0.2, 0.25) is 0 Å². The topological polar surface area (TPSA) is 36.4 Å². The van der Waals surface area contributed by atoms with Crippen molar-refractivity contribution in [3.8, 4) is 0 Å². The summed E-state index contributed by atoms with van der Waals surface area (Å²) in [7, 11) is 1.83. The summed E-state index contributed by atoms with van der Waals surface area (Å²) < 4.78 is 0. The van der Waals surface area contributed by atoms with Crippen LogP contribution in [0, 0.1) is 6.92 Å². The van der Waals surface area contributed by atoms with E-state index in [4.69, 9.17) is 0 Å². The van der Waals surface area contributed by atoms with Crippen molar-refractivity contribution in [2.75, 3.05) is 7.05 Å². The van der Waals surface area contributed by atoms with Crippen molar-refractivity contribution in [3.63, 3.8) is 0 Å². The molecule has 0 aliphatic heterocycles. The van der Waals surface area contributed by atoms with E-state index >= 15 is 0 Å². The van der Waals surface area contributed by atoms with Crippen molar-refractivity contribution in [2.45, 2.75) is 31.8 Å². The number of guanidine groups is 1. The Bertz CT molecular complexity index is 624. The van der Waals surface area contributed by atoms with Gasteiger partial charge in [-0.3, -0.25) is 4.99 Å². The van der Waals surface area contributed by atoms with Crippen molar-refractivity contribution < 1.29 is 0 Å². The molecule has 0 amide bonds. The molecule has 2 N–H and O–H groups in total. The Balaban J connectivity index is 0.00000176. The van der Waals surface area contributed by atoms with Crippen molar-refractivity contribution in [1.29, 1.82) is 0 Å². The Kier molecular flexibility index (Phi) is 6.26. The fourth-order valence-electron chi connectivity index (χ4n) is 2.54. The minimum atomic E-state index is 0. The molecule has 1 heterocycles. The molecular weight excluding hydrogens is 405 g/mol. The quantitative estimate of drug-likeness (QED) is 0.441. The zero-order valence-corrected chi connectivity index (χ0v) is 16.0. The lowest BCUT2D eigenvalue weighted by Gasteiger charge is -2.11. The summed E-state index contributed by atoms with van der Waals surface area (Å²) in [6.45, 7) is 2.97. The van der Waals surface area contributed by atoms with Gasteiger partial charge in [-0.1, -0.05) is 30.3 Å². The number of nitrogens with one attached hydrogen (secondary N) is 2. The van der Waals surface area contributed by atoms with Crippen LogP contribution in [0.4, 0.5) is 0 Å². The highest BCUT2D eigenvalue weighted by atomic mass is 127. The molecule has 2 unspecified atom stereocenters. The Labute approximate surface area is 153 Å². The number of hydrogen-bond acceptors (Lipinski definition) is 2. The molecule has 5 heteroatoms. The van der Waals surface area contributed by atoms with E-state index in [0.717, 1.165) is 12.5 Å². The van der Waals surface area contributed by atoms with Gasteiger partial charge in [0.1, 0.15) is 0 Å². The number of hydrogen-bond donors (Lipinski definition) is 2. The van der Waals surface area contributed by atoms with Gasteiger partial charge in [-0.05, 0) is 31.0 Å². The molecule has 0 spiro atoms. The van der Waals surface area contributed by atoms with Gasteiger partial charge in [-0.2, -0.15) is 0 Å². The normalized spacial score (nSPS) is 20.2. The van der Waals surface area contributed by atoms with Crippen LogP contribution in [-0.2, 0) is 6.54 Å². The predicted octanol–water partition coefficient (Wildman–Crippen LogP) is 3.90. The molecule has 1 fully saturated rings. The molecule has 22 heavy (non-hydrogen) atoms.